The fourth-order valence-electron chi connectivity index (χ4n) is 5.95. The van der Waals surface area contributed by atoms with Crippen molar-refractivity contribution in [3.05, 3.63) is 151 Å². The van der Waals surface area contributed by atoms with Crippen molar-refractivity contribution in [1.82, 2.24) is 24.5 Å². The number of alkyl halides is 3. The van der Waals surface area contributed by atoms with Gasteiger partial charge in [0.2, 0.25) is 0 Å². The van der Waals surface area contributed by atoms with Crippen LogP contribution in [-0.4, -0.2) is 24.5 Å². The van der Waals surface area contributed by atoms with Gasteiger partial charge >= 0.3 is 6.18 Å². The molecule has 8 rings (SSSR count). The molecule has 0 aliphatic rings. The first-order valence-electron chi connectivity index (χ1n) is 15.0. The molecule has 5 aromatic carbocycles. The van der Waals surface area contributed by atoms with Gasteiger partial charge in [-0.05, 0) is 42.0 Å². The van der Waals surface area contributed by atoms with Gasteiger partial charge in [0.15, 0.2) is 17.5 Å². The third-order valence-corrected chi connectivity index (χ3v) is 8.17. The number of rotatable bonds is 5. The molecular formula is C39H24F3N5. The lowest BCUT2D eigenvalue weighted by Crippen LogP contribution is -2.06. The predicted octanol–water partition coefficient (Wildman–Crippen LogP) is 10.1. The summed E-state index contributed by atoms with van der Waals surface area (Å²) in [6.45, 7) is 0. The first-order valence-corrected chi connectivity index (χ1v) is 15.0. The second kappa shape index (κ2) is 11.3. The van der Waals surface area contributed by atoms with Crippen LogP contribution >= 0.6 is 0 Å². The second-order valence-corrected chi connectivity index (χ2v) is 11.1. The molecule has 226 valence electrons. The van der Waals surface area contributed by atoms with Crippen LogP contribution in [0.1, 0.15) is 5.56 Å². The largest absolute Gasteiger partial charge is 0.416 e. The van der Waals surface area contributed by atoms with Crippen molar-refractivity contribution in [3.8, 4) is 51.0 Å². The van der Waals surface area contributed by atoms with E-state index in [0.29, 0.717) is 39.6 Å². The molecule has 0 bridgehead atoms. The molecule has 0 saturated carbocycles. The number of para-hydroxylation sites is 1. The van der Waals surface area contributed by atoms with E-state index < -0.39 is 11.7 Å². The van der Waals surface area contributed by atoms with E-state index in [-0.39, 0.29) is 0 Å². The molecule has 47 heavy (non-hydrogen) atoms. The molecule has 8 heteroatoms. The van der Waals surface area contributed by atoms with Gasteiger partial charge in [0, 0.05) is 45.4 Å². The SMILES string of the molecule is FC(F)(F)c1ccc2c3ccccc3n(-c3cc(-c4cccnc4)ccc3-c3nc(-c4ccccc4)nc(-c4ccccc4)n3)c2c1. The van der Waals surface area contributed by atoms with Crippen molar-refractivity contribution in [3.63, 3.8) is 0 Å². The molecule has 3 heterocycles. The molecular weight excluding hydrogens is 595 g/mol. The predicted molar refractivity (Wildman–Crippen MR) is 179 cm³/mol. The van der Waals surface area contributed by atoms with Crippen LogP contribution in [0.3, 0.4) is 0 Å². The first-order chi connectivity index (χ1) is 22.9. The van der Waals surface area contributed by atoms with Gasteiger partial charge in [0.25, 0.3) is 0 Å². The molecule has 0 atom stereocenters. The number of nitrogens with zero attached hydrogens (tertiary/aromatic N) is 5. The normalized spacial score (nSPS) is 11.7. The van der Waals surface area contributed by atoms with Crippen LogP contribution in [0.25, 0.3) is 72.8 Å². The molecule has 0 saturated heterocycles. The number of hydrogen-bond acceptors (Lipinski definition) is 4. The van der Waals surface area contributed by atoms with Gasteiger partial charge < -0.3 is 4.57 Å². The van der Waals surface area contributed by atoms with E-state index >= 15 is 0 Å². The molecule has 8 aromatic rings. The van der Waals surface area contributed by atoms with Gasteiger partial charge in [-0.1, -0.05) is 97.1 Å². The Kier molecular flexibility index (Phi) is 6.83. The van der Waals surface area contributed by atoms with Gasteiger partial charge in [0.1, 0.15) is 0 Å². The topological polar surface area (TPSA) is 56.5 Å². The fourth-order valence-corrected chi connectivity index (χ4v) is 5.95. The Balaban J connectivity index is 1.47. The van der Waals surface area contributed by atoms with Crippen molar-refractivity contribution in [2.45, 2.75) is 6.18 Å². The number of fused-ring (bicyclic) bond motifs is 3. The maximum Gasteiger partial charge on any atom is 0.416 e. The van der Waals surface area contributed by atoms with E-state index in [1.807, 2.05) is 120 Å². The number of hydrogen-bond donors (Lipinski definition) is 0. The number of aromatic nitrogens is 5. The van der Waals surface area contributed by atoms with Crippen molar-refractivity contribution < 1.29 is 13.2 Å². The van der Waals surface area contributed by atoms with Gasteiger partial charge in [-0.3, -0.25) is 4.98 Å². The van der Waals surface area contributed by atoms with Gasteiger partial charge in [0.05, 0.1) is 22.3 Å². The molecule has 5 nitrogen and oxygen atoms in total. The lowest BCUT2D eigenvalue weighted by molar-refractivity contribution is -0.137. The molecule has 0 aliphatic heterocycles. The number of pyridine rings is 1. The minimum absolute atomic E-state index is 0.392. The Morgan fingerprint density at radius 3 is 1.77 bits per heavy atom. The Hall–Kier alpha value is -6.15. The Labute approximate surface area is 267 Å². The summed E-state index contributed by atoms with van der Waals surface area (Å²) in [4.78, 5) is 19.1. The molecule has 0 aliphatic carbocycles. The van der Waals surface area contributed by atoms with Crippen molar-refractivity contribution in [2.24, 2.45) is 0 Å². The average Bonchev–Trinajstić information content (AvgIpc) is 3.45. The maximum atomic E-state index is 14.1. The molecule has 0 fully saturated rings. The van der Waals surface area contributed by atoms with Crippen LogP contribution in [0.5, 0.6) is 0 Å². The lowest BCUT2D eigenvalue weighted by atomic mass is 10.0. The first kappa shape index (κ1) is 28.3. The van der Waals surface area contributed by atoms with E-state index in [9.17, 15) is 13.2 Å². The monoisotopic (exact) mass is 619 g/mol. The summed E-state index contributed by atoms with van der Waals surface area (Å²) in [5, 5.41) is 1.54. The third kappa shape index (κ3) is 5.19. The van der Waals surface area contributed by atoms with Crippen molar-refractivity contribution >= 4 is 21.8 Å². The van der Waals surface area contributed by atoms with Crippen LogP contribution in [-0.2, 0) is 6.18 Å². The minimum atomic E-state index is -4.51. The van der Waals surface area contributed by atoms with Crippen LogP contribution in [0.15, 0.2) is 146 Å². The van der Waals surface area contributed by atoms with Crippen molar-refractivity contribution in [2.75, 3.05) is 0 Å². The summed E-state index contributed by atoms with van der Waals surface area (Å²) in [6.07, 6.45) is -1.05. The molecule has 0 N–H and O–H groups in total. The molecule has 0 radical (unpaired) electrons. The molecule has 0 amide bonds. The Bertz CT molecular complexity index is 2330. The smallest absolute Gasteiger partial charge is 0.308 e. The van der Waals surface area contributed by atoms with Gasteiger partial charge in [-0.15, -0.1) is 0 Å². The molecule has 0 unspecified atom stereocenters. The van der Waals surface area contributed by atoms with Crippen LogP contribution in [0.2, 0.25) is 0 Å². The summed E-state index contributed by atoms with van der Waals surface area (Å²) < 4.78 is 44.2. The van der Waals surface area contributed by atoms with E-state index in [1.165, 1.54) is 6.07 Å². The van der Waals surface area contributed by atoms with E-state index in [0.717, 1.165) is 39.2 Å². The zero-order valence-electron chi connectivity index (χ0n) is 24.7. The Morgan fingerprint density at radius 2 is 1.11 bits per heavy atom. The zero-order valence-corrected chi connectivity index (χ0v) is 24.7. The van der Waals surface area contributed by atoms with Gasteiger partial charge in [-0.2, -0.15) is 13.2 Å². The van der Waals surface area contributed by atoms with Crippen LogP contribution in [0.4, 0.5) is 13.2 Å². The van der Waals surface area contributed by atoms with Gasteiger partial charge in [-0.25, -0.2) is 15.0 Å². The second-order valence-electron chi connectivity index (χ2n) is 11.1. The quantitative estimate of drug-likeness (QED) is 0.192. The maximum absolute atomic E-state index is 14.1. The van der Waals surface area contributed by atoms with Crippen LogP contribution in [0, 0.1) is 0 Å². The fraction of sp³-hybridized carbons (Fsp3) is 0.0256. The summed E-state index contributed by atoms with van der Waals surface area (Å²) in [5.41, 5.74) is 5.05. The molecule has 0 spiro atoms. The standard InChI is InChI=1S/C39H24F3N5/c40-39(41,42)29-18-20-31-30-15-7-8-16-33(30)47(35(31)23-29)34-22-27(28-14-9-21-43-24-28)17-19-32(34)38-45-36(25-10-3-1-4-11-25)44-37(46-38)26-12-5-2-6-13-26/h1-24H. The summed E-state index contributed by atoms with van der Waals surface area (Å²) in [5.74, 6) is 1.36. The van der Waals surface area contributed by atoms with Crippen molar-refractivity contribution in [1.29, 1.82) is 0 Å². The minimum Gasteiger partial charge on any atom is -0.308 e. The van der Waals surface area contributed by atoms with Crippen LogP contribution < -0.4 is 0 Å². The average molecular weight is 620 g/mol. The summed E-state index contributed by atoms with van der Waals surface area (Å²) in [6, 6.07) is 40.4. The highest BCUT2D eigenvalue weighted by molar-refractivity contribution is 6.10. The van der Waals surface area contributed by atoms with E-state index in [1.54, 1.807) is 18.5 Å². The third-order valence-electron chi connectivity index (χ3n) is 8.17. The highest BCUT2D eigenvalue weighted by Gasteiger charge is 2.31. The Morgan fingerprint density at radius 1 is 0.489 bits per heavy atom. The van der Waals surface area contributed by atoms with E-state index in [4.69, 9.17) is 15.0 Å². The number of benzene rings is 5. The highest BCUT2D eigenvalue weighted by Crippen LogP contribution is 2.40. The summed E-state index contributed by atoms with van der Waals surface area (Å²) >= 11 is 0. The van der Waals surface area contributed by atoms with E-state index in [2.05, 4.69) is 4.98 Å². The number of halogens is 3. The molecule has 3 aromatic heterocycles. The summed E-state index contributed by atoms with van der Waals surface area (Å²) in [7, 11) is 0. The zero-order chi connectivity index (χ0) is 32.0. The highest BCUT2D eigenvalue weighted by atomic mass is 19.4. The lowest BCUT2D eigenvalue weighted by Gasteiger charge is -2.17.